The molecule has 59 heavy (non-hydrogen) atoms. The Balaban J connectivity index is 0.000000319. The van der Waals surface area contributed by atoms with E-state index in [9.17, 15) is 0 Å². The van der Waals surface area contributed by atoms with Gasteiger partial charge < -0.3 is 4.98 Å². The number of fused-ring (bicyclic) bond motifs is 4. The van der Waals surface area contributed by atoms with Gasteiger partial charge in [-0.1, -0.05) is 12.1 Å². The predicted octanol–water partition coefficient (Wildman–Crippen LogP) is 12.8. The molecule has 0 aliphatic carbocycles. The Bertz CT molecular complexity index is 2820. The molecule has 291 valence electrons. The normalized spacial score (nSPS) is 12.3. The summed E-state index contributed by atoms with van der Waals surface area (Å²) in [6.07, 6.45) is 1.79. The molecule has 3 heterocycles. The fourth-order valence-corrected chi connectivity index (χ4v) is 19.6. The minimum Gasteiger partial charge on any atom is -0.305 e. The summed E-state index contributed by atoms with van der Waals surface area (Å²) in [5, 5.41) is 2.25. The largest absolute Gasteiger partial charge is 0.305 e. The van der Waals surface area contributed by atoms with E-state index in [2.05, 4.69) is 172 Å². The molecule has 3 nitrogen and oxygen atoms in total. The SMILES string of the molecule is CC(C)c1cc(-c2ccccc2)cc(C(C)C)[c]1[Bi]1[C](c2[c-]ccc3c2oc2cc(-c4ccccc4)ccc23)=Nc2cccc[c]21.[Ir].[c-]1ccccc1-c1ccccn1. The zero-order chi connectivity index (χ0) is 39.6. The fourth-order valence-electron chi connectivity index (χ4n) is 7.83. The zero-order valence-corrected chi connectivity index (χ0v) is 39.4. The maximum absolute atomic E-state index is 6.79. The van der Waals surface area contributed by atoms with E-state index in [0.717, 1.165) is 50.0 Å². The van der Waals surface area contributed by atoms with E-state index >= 15 is 0 Å². The molecule has 0 amide bonds. The summed E-state index contributed by atoms with van der Waals surface area (Å²) in [4.78, 5) is 9.68. The summed E-state index contributed by atoms with van der Waals surface area (Å²) >= 11 is -2.97. The maximum Gasteiger partial charge on any atom is 0.0160 e. The molecule has 0 unspecified atom stereocenters. The second kappa shape index (κ2) is 17.9. The molecule has 0 bridgehead atoms. The van der Waals surface area contributed by atoms with Crippen molar-refractivity contribution in [3.8, 4) is 33.5 Å². The van der Waals surface area contributed by atoms with Crippen molar-refractivity contribution in [2.24, 2.45) is 4.99 Å². The first-order valence-electron chi connectivity index (χ1n) is 20.0. The summed E-state index contributed by atoms with van der Waals surface area (Å²) in [7, 11) is 0. The van der Waals surface area contributed by atoms with Crippen LogP contribution in [0.25, 0.3) is 55.4 Å². The average molecular weight is 1140 g/mol. The molecule has 10 rings (SSSR count). The van der Waals surface area contributed by atoms with Gasteiger partial charge in [-0.25, -0.2) is 0 Å². The van der Waals surface area contributed by atoms with Gasteiger partial charge in [0.05, 0.1) is 0 Å². The van der Waals surface area contributed by atoms with Crippen LogP contribution in [-0.4, -0.2) is 30.2 Å². The number of pyridine rings is 1. The maximum atomic E-state index is 6.79. The van der Waals surface area contributed by atoms with Crippen molar-refractivity contribution in [3.63, 3.8) is 0 Å². The summed E-state index contributed by atoms with van der Waals surface area (Å²) in [5.74, 6) is 0.755. The minimum absolute atomic E-state index is 0. The van der Waals surface area contributed by atoms with Gasteiger partial charge in [0.25, 0.3) is 0 Å². The van der Waals surface area contributed by atoms with Crippen molar-refractivity contribution >= 4 is 59.3 Å². The third-order valence-corrected chi connectivity index (χ3v) is 20.7. The first-order valence-corrected chi connectivity index (χ1v) is 25.2. The molecule has 0 atom stereocenters. The van der Waals surface area contributed by atoms with Crippen molar-refractivity contribution in [2.45, 2.75) is 39.5 Å². The van der Waals surface area contributed by atoms with Crippen LogP contribution in [0.3, 0.4) is 0 Å². The van der Waals surface area contributed by atoms with Crippen LogP contribution in [0.4, 0.5) is 5.69 Å². The molecule has 0 saturated carbocycles. The van der Waals surface area contributed by atoms with Crippen LogP contribution in [0, 0.1) is 12.1 Å². The molecule has 0 fully saturated rings. The Labute approximate surface area is 369 Å². The molecule has 9 aromatic rings. The number of benzene rings is 7. The second-order valence-corrected chi connectivity index (χ2v) is 23.1. The number of aliphatic imine (C=N–C) groups is 1. The van der Waals surface area contributed by atoms with Crippen LogP contribution in [0.2, 0.25) is 0 Å². The zero-order valence-electron chi connectivity index (χ0n) is 33.5. The monoisotopic (exact) mass is 1140 g/mol. The molecule has 2 aromatic heterocycles. The number of hydrogen-bond acceptors (Lipinski definition) is 3. The fraction of sp³-hybridized carbons (Fsp3) is 0.111. The standard InChI is InChI=1S/C25H14NO.C18H21.C11H8N.Bi.Ir/c1-3-8-18(9-4-1)19-14-15-22-23-13-7-10-20(25(23)27-24(22)16-19)17-26-21-11-5-2-6-12-21;1-13(2)16-10-17(14(3)4)12-18(11-16)15-8-6-5-7-9-15;1-2-6-10(7-3-1)11-8-4-5-9-12-11;;/h1-9,11,13-16H;5-9,11-14H,1-4H3;1-6,8-9H;;/q-1;;-1;;. The average Bonchev–Trinajstić information content (AvgIpc) is 3.86. The Hall–Kier alpha value is -5.31. The number of nitrogens with zero attached hydrogens (tertiary/aromatic N) is 2. The van der Waals surface area contributed by atoms with Gasteiger partial charge >= 0.3 is 281 Å². The van der Waals surface area contributed by atoms with Crippen LogP contribution in [0.1, 0.15) is 56.2 Å². The quantitative estimate of drug-likeness (QED) is 0.118. The predicted molar refractivity (Wildman–Crippen MR) is 244 cm³/mol. The molecule has 0 saturated heterocycles. The van der Waals surface area contributed by atoms with Gasteiger partial charge in [0, 0.05) is 26.3 Å². The van der Waals surface area contributed by atoms with Crippen LogP contribution >= 0.6 is 0 Å². The summed E-state index contributed by atoms with van der Waals surface area (Å²) in [6, 6.07) is 66.4. The van der Waals surface area contributed by atoms with E-state index in [-0.39, 0.29) is 20.1 Å². The first-order chi connectivity index (χ1) is 28.4. The van der Waals surface area contributed by atoms with Crippen LogP contribution in [0.5, 0.6) is 0 Å². The third kappa shape index (κ3) is 8.18. The molecule has 0 spiro atoms. The van der Waals surface area contributed by atoms with E-state index in [1.54, 1.807) is 9.47 Å². The van der Waals surface area contributed by atoms with Gasteiger partial charge in [0.1, 0.15) is 0 Å². The van der Waals surface area contributed by atoms with Crippen molar-refractivity contribution in [3.05, 3.63) is 205 Å². The van der Waals surface area contributed by atoms with E-state index in [1.807, 2.05) is 42.5 Å². The number of rotatable bonds is 7. The number of aromatic nitrogens is 1. The van der Waals surface area contributed by atoms with Crippen LogP contribution in [-0.2, 0) is 20.1 Å². The molecule has 7 aromatic carbocycles. The van der Waals surface area contributed by atoms with E-state index in [0.29, 0.717) is 11.8 Å². The molecule has 1 aliphatic rings. The molecule has 5 heteroatoms. The van der Waals surface area contributed by atoms with Gasteiger partial charge in [0.2, 0.25) is 0 Å². The number of para-hydroxylation sites is 1. The third-order valence-electron chi connectivity index (χ3n) is 10.7. The minimum atomic E-state index is -2.97. The van der Waals surface area contributed by atoms with Crippen molar-refractivity contribution in [1.29, 1.82) is 0 Å². The van der Waals surface area contributed by atoms with E-state index < -0.39 is 21.8 Å². The summed E-state index contributed by atoms with van der Waals surface area (Å²) in [5.41, 5.74) is 13.8. The van der Waals surface area contributed by atoms with E-state index in [4.69, 9.17) is 9.41 Å². The molecular weight excluding hydrogens is 1090 g/mol. The van der Waals surface area contributed by atoms with Gasteiger partial charge in [-0.15, -0.1) is 35.9 Å². The Morgan fingerprint density at radius 2 is 1.22 bits per heavy atom. The summed E-state index contributed by atoms with van der Waals surface area (Å²) < 4.78 is 11.0. The van der Waals surface area contributed by atoms with Gasteiger partial charge in [-0.3, -0.25) is 0 Å². The van der Waals surface area contributed by atoms with Crippen LogP contribution < -0.4 is 6.54 Å². The molecule has 1 radical (unpaired) electrons. The number of furan rings is 1. The number of hydrogen-bond donors (Lipinski definition) is 0. The Morgan fingerprint density at radius 1 is 0.559 bits per heavy atom. The summed E-state index contributed by atoms with van der Waals surface area (Å²) in [6.45, 7) is 9.38. The van der Waals surface area contributed by atoms with Gasteiger partial charge in [-0.05, 0) is 11.8 Å². The molecule has 0 N–H and O–H groups in total. The van der Waals surface area contributed by atoms with Crippen molar-refractivity contribution < 1.29 is 24.5 Å². The van der Waals surface area contributed by atoms with E-state index in [1.165, 1.54) is 34.5 Å². The Kier molecular flexibility index (Phi) is 12.3. The second-order valence-electron chi connectivity index (χ2n) is 15.2. The Morgan fingerprint density at radius 3 is 1.88 bits per heavy atom. The smallest absolute Gasteiger partial charge is 0.0160 e. The molecule has 1 aliphatic heterocycles. The van der Waals surface area contributed by atoms with Crippen molar-refractivity contribution in [2.75, 3.05) is 0 Å². The van der Waals surface area contributed by atoms with Gasteiger partial charge in [0.15, 0.2) is 0 Å². The van der Waals surface area contributed by atoms with Crippen molar-refractivity contribution in [1.82, 2.24) is 4.98 Å². The van der Waals surface area contributed by atoms with Gasteiger partial charge in [-0.2, -0.15) is 0 Å². The van der Waals surface area contributed by atoms with Crippen LogP contribution in [0.15, 0.2) is 185 Å². The molecular formula is C54H43BiIrN2O-2. The first kappa shape index (κ1) is 40.5. The topological polar surface area (TPSA) is 38.4 Å².